The second kappa shape index (κ2) is 7.55. The van der Waals surface area contributed by atoms with Gasteiger partial charge in [0.1, 0.15) is 5.82 Å². The van der Waals surface area contributed by atoms with E-state index in [9.17, 15) is 22.4 Å². The summed E-state index contributed by atoms with van der Waals surface area (Å²) < 4.78 is 52.7. The number of thioether (sulfide) groups is 1. The molecule has 0 fully saturated rings. The van der Waals surface area contributed by atoms with Crippen molar-refractivity contribution in [1.29, 1.82) is 0 Å². The molecule has 10 heteroatoms. The molecule has 3 aromatic rings. The van der Waals surface area contributed by atoms with E-state index in [4.69, 9.17) is 0 Å². The van der Waals surface area contributed by atoms with Crippen molar-refractivity contribution in [3.8, 4) is 0 Å². The van der Waals surface area contributed by atoms with Crippen molar-refractivity contribution in [2.75, 3.05) is 5.75 Å². The highest BCUT2D eigenvalue weighted by Gasteiger charge is 2.31. The van der Waals surface area contributed by atoms with Gasteiger partial charge < -0.3 is 5.32 Å². The highest BCUT2D eigenvalue weighted by molar-refractivity contribution is 7.99. The number of rotatable bonds is 5. The van der Waals surface area contributed by atoms with Crippen molar-refractivity contribution in [3.05, 3.63) is 59.5 Å². The molecule has 142 valence electrons. The van der Waals surface area contributed by atoms with Crippen LogP contribution >= 0.6 is 11.8 Å². The van der Waals surface area contributed by atoms with Crippen LogP contribution in [0.25, 0.3) is 5.65 Å². The van der Waals surface area contributed by atoms with Crippen LogP contribution in [0.4, 0.5) is 17.6 Å². The Morgan fingerprint density at radius 2 is 1.89 bits per heavy atom. The number of nitrogens with zero attached hydrogens (tertiary/aromatic N) is 3. The van der Waals surface area contributed by atoms with Gasteiger partial charge in [0.05, 0.1) is 17.4 Å². The first-order valence-electron chi connectivity index (χ1n) is 7.83. The summed E-state index contributed by atoms with van der Waals surface area (Å²) in [6, 6.07) is 7.54. The lowest BCUT2D eigenvalue weighted by Gasteiger charge is -2.14. The topological polar surface area (TPSA) is 59.3 Å². The normalized spacial score (nSPS) is 12.9. The van der Waals surface area contributed by atoms with Crippen LogP contribution in [0, 0.1) is 5.82 Å². The number of aromatic nitrogens is 3. The zero-order valence-corrected chi connectivity index (χ0v) is 14.8. The van der Waals surface area contributed by atoms with Gasteiger partial charge >= 0.3 is 6.18 Å². The fraction of sp³-hybridized carbons (Fsp3) is 0.235. The first-order valence-corrected chi connectivity index (χ1v) is 8.82. The summed E-state index contributed by atoms with van der Waals surface area (Å²) in [4.78, 5) is 12.1. The van der Waals surface area contributed by atoms with E-state index in [0.29, 0.717) is 0 Å². The van der Waals surface area contributed by atoms with Crippen LogP contribution in [-0.2, 0) is 11.0 Å². The summed E-state index contributed by atoms with van der Waals surface area (Å²) in [5.74, 6) is -0.756. The molecule has 0 saturated heterocycles. The zero-order chi connectivity index (χ0) is 19.6. The van der Waals surface area contributed by atoms with E-state index in [1.54, 1.807) is 19.1 Å². The molecule has 1 aromatic carbocycles. The molecule has 0 aliphatic rings. The molecule has 0 aliphatic carbocycles. The molecule has 0 aliphatic heterocycles. The number of hydrogen-bond acceptors (Lipinski definition) is 4. The maximum absolute atomic E-state index is 12.9. The quantitative estimate of drug-likeness (QED) is 0.524. The van der Waals surface area contributed by atoms with E-state index < -0.39 is 11.7 Å². The minimum atomic E-state index is -4.48. The molecular weight excluding hydrogens is 384 g/mol. The number of carbonyl (C=O) groups is 1. The number of hydrogen-bond donors (Lipinski definition) is 1. The van der Waals surface area contributed by atoms with Gasteiger partial charge in [-0.1, -0.05) is 23.9 Å². The number of alkyl halides is 3. The Morgan fingerprint density at radius 3 is 2.56 bits per heavy atom. The maximum Gasteiger partial charge on any atom is 0.417 e. The van der Waals surface area contributed by atoms with Gasteiger partial charge in [-0.3, -0.25) is 9.20 Å². The lowest BCUT2D eigenvalue weighted by Crippen LogP contribution is -2.28. The molecule has 27 heavy (non-hydrogen) atoms. The summed E-state index contributed by atoms with van der Waals surface area (Å²) in [5, 5.41) is 10.5. The smallest absolute Gasteiger partial charge is 0.349 e. The number of pyridine rings is 1. The van der Waals surface area contributed by atoms with Gasteiger partial charge in [-0.2, -0.15) is 13.2 Å². The summed E-state index contributed by atoms with van der Waals surface area (Å²) in [6.07, 6.45) is -3.58. The SMILES string of the molecule is CC(NC(=O)CSc1nnc2ccc(C(F)(F)F)cn12)c1ccc(F)cc1. The highest BCUT2D eigenvalue weighted by atomic mass is 32.2. The maximum atomic E-state index is 12.9. The fourth-order valence-electron chi connectivity index (χ4n) is 2.38. The molecule has 1 amide bonds. The van der Waals surface area contributed by atoms with Gasteiger partial charge in [0.15, 0.2) is 10.8 Å². The van der Waals surface area contributed by atoms with Crippen molar-refractivity contribution < 1.29 is 22.4 Å². The molecule has 3 rings (SSSR count). The van der Waals surface area contributed by atoms with E-state index in [1.165, 1.54) is 22.6 Å². The van der Waals surface area contributed by atoms with E-state index in [0.717, 1.165) is 29.6 Å². The number of benzene rings is 1. The second-order valence-corrected chi connectivity index (χ2v) is 6.70. The van der Waals surface area contributed by atoms with Crippen molar-refractivity contribution in [2.45, 2.75) is 24.3 Å². The lowest BCUT2D eigenvalue weighted by atomic mass is 10.1. The van der Waals surface area contributed by atoms with E-state index in [2.05, 4.69) is 15.5 Å². The van der Waals surface area contributed by atoms with Crippen LogP contribution < -0.4 is 5.32 Å². The van der Waals surface area contributed by atoms with E-state index in [-0.39, 0.29) is 34.3 Å². The molecule has 1 atom stereocenters. The van der Waals surface area contributed by atoms with Gasteiger partial charge in [-0.15, -0.1) is 10.2 Å². The number of nitrogens with one attached hydrogen (secondary N) is 1. The minimum Gasteiger partial charge on any atom is -0.349 e. The van der Waals surface area contributed by atoms with Crippen LogP contribution in [0.2, 0.25) is 0 Å². The van der Waals surface area contributed by atoms with E-state index in [1.807, 2.05) is 0 Å². The standard InChI is InChI=1S/C17H14F4N4OS/c1-10(11-2-5-13(18)6-3-11)22-15(26)9-27-16-24-23-14-7-4-12(8-25(14)16)17(19,20)21/h2-8,10H,9H2,1H3,(H,22,26). The molecular formula is C17H14F4N4OS. The molecule has 1 unspecified atom stereocenters. The summed E-state index contributed by atoms with van der Waals surface area (Å²) in [7, 11) is 0. The Balaban J connectivity index is 1.65. The molecule has 0 radical (unpaired) electrons. The van der Waals surface area contributed by atoms with Crippen LogP contribution in [0.3, 0.4) is 0 Å². The van der Waals surface area contributed by atoms with Gasteiger partial charge in [-0.05, 0) is 36.8 Å². The van der Waals surface area contributed by atoms with Crippen molar-refractivity contribution in [3.63, 3.8) is 0 Å². The first-order chi connectivity index (χ1) is 12.7. The Labute approximate surface area is 155 Å². The van der Waals surface area contributed by atoms with E-state index >= 15 is 0 Å². The highest BCUT2D eigenvalue weighted by Crippen LogP contribution is 2.30. The molecule has 5 nitrogen and oxygen atoms in total. The summed E-state index contributed by atoms with van der Waals surface area (Å²) in [5.41, 5.74) is 0.161. The predicted molar refractivity (Wildman–Crippen MR) is 91.7 cm³/mol. The minimum absolute atomic E-state index is 0.0530. The van der Waals surface area contributed by atoms with Crippen LogP contribution in [0.5, 0.6) is 0 Å². The third kappa shape index (κ3) is 4.57. The van der Waals surface area contributed by atoms with Crippen LogP contribution in [-0.4, -0.2) is 26.3 Å². The van der Waals surface area contributed by atoms with Crippen molar-refractivity contribution >= 4 is 23.3 Å². The van der Waals surface area contributed by atoms with Crippen LogP contribution in [0.15, 0.2) is 47.8 Å². The number of halogens is 4. The lowest BCUT2D eigenvalue weighted by molar-refractivity contribution is -0.137. The Hall–Kier alpha value is -2.62. The Morgan fingerprint density at radius 1 is 1.19 bits per heavy atom. The molecule has 2 heterocycles. The average molecular weight is 398 g/mol. The number of fused-ring (bicyclic) bond motifs is 1. The van der Waals surface area contributed by atoms with Crippen molar-refractivity contribution in [1.82, 2.24) is 19.9 Å². The third-order valence-corrected chi connectivity index (χ3v) is 4.72. The molecule has 0 bridgehead atoms. The van der Waals surface area contributed by atoms with Crippen LogP contribution in [0.1, 0.15) is 24.1 Å². The monoisotopic (exact) mass is 398 g/mol. The van der Waals surface area contributed by atoms with Gasteiger partial charge in [0.2, 0.25) is 5.91 Å². The third-order valence-electron chi connectivity index (χ3n) is 3.78. The molecule has 2 aromatic heterocycles. The molecule has 0 spiro atoms. The fourth-order valence-corrected chi connectivity index (χ4v) is 3.11. The van der Waals surface area contributed by atoms with Crippen molar-refractivity contribution in [2.24, 2.45) is 0 Å². The summed E-state index contributed by atoms with van der Waals surface area (Å²) >= 11 is 0.974. The average Bonchev–Trinajstić information content (AvgIpc) is 3.02. The number of carbonyl (C=O) groups excluding carboxylic acids is 1. The van der Waals surface area contributed by atoms with Gasteiger partial charge in [-0.25, -0.2) is 4.39 Å². The molecule has 0 saturated carbocycles. The first kappa shape index (κ1) is 19.2. The largest absolute Gasteiger partial charge is 0.417 e. The van der Waals surface area contributed by atoms with Gasteiger partial charge in [0.25, 0.3) is 0 Å². The Bertz CT molecular complexity index is 956. The zero-order valence-electron chi connectivity index (χ0n) is 14.0. The second-order valence-electron chi connectivity index (χ2n) is 5.76. The number of amides is 1. The predicted octanol–water partition coefficient (Wildman–Crippen LogP) is 3.86. The molecule has 1 N–H and O–H groups in total. The van der Waals surface area contributed by atoms with Gasteiger partial charge in [0, 0.05) is 6.20 Å². The Kier molecular flexibility index (Phi) is 5.36. The summed E-state index contributed by atoms with van der Waals surface area (Å²) in [6.45, 7) is 1.75.